The van der Waals surface area contributed by atoms with Gasteiger partial charge < -0.3 is 10.1 Å². The highest BCUT2D eigenvalue weighted by molar-refractivity contribution is 5.75. The zero-order valence-corrected chi connectivity index (χ0v) is 12.8. The highest BCUT2D eigenvalue weighted by atomic mass is 16.5. The van der Waals surface area contributed by atoms with Gasteiger partial charge in [-0.1, -0.05) is 33.6 Å². The minimum absolute atomic E-state index is 0.145. The zero-order chi connectivity index (χ0) is 14.0. The van der Waals surface area contributed by atoms with Gasteiger partial charge in [-0.2, -0.15) is 0 Å². The van der Waals surface area contributed by atoms with E-state index in [0.29, 0.717) is 13.0 Å². The fraction of sp³-hybridized carbons (Fsp3) is 0.933. The average molecular weight is 257 g/mol. The predicted molar refractivity (Wildman–Crippen MR) is 76.6 cm³/mol. The molecule has 108 valence electrons. The number of carbonyl (C=O) groups is 1. The van der Waals surface area contributed by atoms with Gasteiger partial charge in [0.1, 0.15) is 0 Å². The average Bonchev–Trinajstić information content (AvgIpc) is 2.29. The predicted octanol–water partition coefficient (Wildman–Crippen LogP) is 3.52. The Morgan fingerprint density at radius 2 is 1.94 bits per heavy atom. The second-order valence-electron chi connectivity index (χ2n) is 6.02. The van der Waals surface area contributed by atoms with Crippen LogP contribution in [0.15, 0.2) is 0 Å². The Hall–Kier alpha value is -0.570. The van der Waals surface area contributed by atoms with Crippen molar-refractivity contribution < 1.29 is 9.53 Å². The van der Waals surface area contributed by atoms with Crippen LogP contribution in [0.1, 0.15) is 66.7 Å². The van der Waals surface area contributed by atoms with E-state index in [1.54, 1.807) is 0 Å². The van der Waals surface area contributed by atoms with Gasteiger partial charge >= 0.3 is 0 Å². The van der Waals surface area contributed by atoms with Gasteiger partial charge in [-0.25, -0.2) is 0 Å². The van der Waals surface area contributed by atoms with Crippen molar-refractivity contribution in [2.75, 3.05) is 13.2 Å². The number of amides is 1. The summed E-state index contributed by atoms with van der Waals surface area (Å²) in [5.74, 6) is 0.876. The fourth-order valence-electron chi connectivity index (χ4n) is 1.67. The molecule has 0 aliphatic rings. The summed E-state index contributed by atoms with van der Waals surface area (Å²) < 4.78 is 5.67. The second kappa shape index (κ2) is 9.37. The maximum absolute atomic E-state index is 11.6. The normalized spacial score (nSPS) is 11.9. The van der Waals surface area contributed by atoms with E-state index in [0.717, 1.165) is 31.8 Å². The summed E-state index contributed by atoms with van der Waals surface area (Å²) in [7, 11) is 0. The first-order valence-corrected chi connectivity index (χ1v) is 7.28. The van der Waals surface area contributed by atoms with Crippen LogP contribution >= 0.6 is 0 Å². The van der Waals surface area contributed by atoms with Crippen molar-refractivity contribution in [3.05, 3.63) is 0 Å². The summed E-state index contributed by atoms with van der Waals surface area (Å²) in [5.41, 5.74) is -0.260. The number of ether oxygens (including phenoxy) is 1. The molecule has 0 bridgehead atoms. The van der Waals surface area contributed by atoms with E-state index in [2.05, 4.69) is 26.1 Å². The van der Waals surface area contributed by atoms with Gasteiger partial charge in [-0.15, -0.1) is 0 Å². The van der Waals surface area contributed by atoms with Gasteiger partial charge in [-0.05, 0) is 32.6 Å². The van der Waals surface area contributed by atoms with Crippen LogP contribution in [-0.4, -0.2) is 24.7 Å². The van der Waals surface area contributed by atoms with Crippen LogP contribution in [0, 0.1) is 5.92 Å². The maximum Gasteiger partial charge on any atom is 0.220 e. The molecule has 3 heteroatoms. The Bertz CT molecular complexity index is 225. The van der Waals surface area contributed by atoms with Crippen LogP contribution in [0.2, 0.25) is 0 Å². The first kappa shape index (κ1) is 17.4. The molecule has 0 spiro atoms. The van der Waals surface area contributed by atoms with Gasteiger partial charge in [0.2, 0.25) is 5.91 Å². The van der Waals surface area contributed by atoms with Crippen LogP contribution in [0.4, 0.5) is 0 Å². The Balaban J connectivity index is 3.63. The molecule has 0 heterocycles. The van der Waals surface area contributed by atoms with E-state index in [1.807, 2.05) is 13.8 Å². The molecule has 18 heavy (non-hydrogen) atoms. The molecule has 0 aromatic rings. The topological polar surface area (TPSA) is 38.3 Å². The van der Waals surface area contributed by atoms with Crippen LogP contribution in [0.25, 0.3) is 0 Å². The third-order valence-corrected chi connectivity index (χ3v) is 2.84. The van der Waals surface area contributed by atoms with Crippen LogP contribution < -0.4 is 5.32 Å². The molecule has 0 aliphatic carbocycles. The van der Waals surface area contributed by atoms with E-state index >= 15 is 0 Å². The minimum atomic E-state index is -0.260. The van der Waals surface area contributed by atoms with E-state index in [1.165, 1.54) is 6.42 Å². The number of rotatable bonds is 10. The molecule has 0 rings (SSSR count). The molecule has 3 nitrogen and oxygen atoms in total. The van der Waals surface area contributed by atoms with Gasteiger partial charge in [-0.3, -0.25) is 4.79 Å². The van der Waals surface area contributed by atoms with E-state index in [4.69, 9.17) is 4.74 Å². The smallest absolute Gasteiger partial charge is 0.220 e. The van der Waals surface area contributed by atoms with Crippen molar-refractivity contribution in [2.24, 2.45) is 5.92 Å². The highest BCUT2D eigenvalue weighted by Gasteiger charge is 2.18. The lowest BCUT2D eigenvalue weighted by atomic mass is 10.1. The highest BCUT2D eigenvalue weighted by Crippen LogP contribution is 2.10. The monoisotopic (exact) mass is 257 g/mol. The summed E-state index contributed by atoms with van der Waals surface area (Å²) >= 11 is 0. The van der Waals surface area contributed by atoms with Crippen LogP contribution in [0.5, 0.6) is 0 Å². The summed E-state index contributed by atoms with van der Waals surface area (Å²) in [6.45, 7) is 11.9. The number of hydrogen-bond donors (Lipinski definition) is 1. The Kier molecular flexibility index (Phi) is 9.08. The number of carbonyl (C=O) groups excluding carboxylic acids is 1. The number of hydrogen-bond acceptors (Lipinski definition) is 2. The Morgan fingerprint density at radius 1 is 1.28 bits per heavy atom. The molecule has 0 saturated heterocycles. The largest absolute Gasteiger partial charge is 0.374 e. The molecule has 0 atom stereocenters. The Morgan fingerprint density at radius 3 is 2.50 bits per heavy atom. The lowest BCUT2D eigenvalue weighted by molar-refractivity contribution is -0.122. The number of unbranched alkanes of at least 4 members (excludes halogenated alkanes) is 1. The molecular weight excluding hydrogens is 226 g/mol. The van der Waals surface area contributed by atoms with Gasteiger partial charge in [0.15, 0.2) is 0 Å². The van der Waals surface area contributed by atoms with Crippen molar-refractivity contribution in [1.29, 1.82) is 0 Å². The van der Waals surface area contributed by atoms with E-state index in [9.17, 15) is 4.79 Å². The maximum atomic E-state index is 11.6. The second-order valence-corrected chi connectivity index (χ2v) is 6.02. The standard InChI is InChI=1S/C15H31NO2/c1-6-11-18-15(4,5)12-16-14(17)10-8-7-9-13(2)3/h13H,6-12H2,1-5H3,(H,16,17). The van der Waals surface area contributed by atoms with Crippen molar-refractivity contribution in [1.82, 2.24) is 5.32 Å². The van der Waals surface area contributed by atoms with Crippen molar-refractivity contribution in [2.45, 2.75) is 72.3 Å². The molecule has 0 aliphatic heterocycles. The lowest BCUT2D eigenvalue weighted by Crippen LogP contribution is -2.40. The molecule has 0 saturated carbocycles. The van der Waals surface area contributed by atoms with E-state index in [-0.39, 0.29) is 11.5 Å². The molecule has 0 unspecified atom stereocenters. The molecular formula is C15H31NO2. The van der Waals surface area contributed by atoms with Gasteiger partial charge in [0.05, 0.1) is 5.60 Å². The number of nitrogens with one attached hydrogen (secondary N) is 1. The SMILES string of the molecule is CCCOC(C)(C)CNC(=O)CCCCC(C)C. The summed E-state index contributed by atoms with van der Waals surface area (Å²) in [6.07, 6.45) is 4.97. The molecule has 0 aromatic heterocycles. The van der Waals surface area contributed by atoms with Crippen molar-refractivity contribution in [3.63, 3.8) is 0 Å². The summed E-state index contributed by atoms with van der Waals surface area (Å²) in [4.78, 5) is 11.6. The first-order valence-electron chi connectivity index (χ1n) is 7.28. The van der Waals surface area contributed by atoms with Crippen LogP contribution in [-0.2, 0) is 9.53 Å². The quantitative estimate of drug-likeness (QED) is 0.608. The van der Waals surface area contributed by atoms with Crippen molar-refractivity contribution >= 4 is 5.91 Å². The molecule has 0 fully saturated rings. The minimum Gasteiger partial charge on any atom is -0.374 e. The first-order chi connectivity index (χ1) is 8.37. The Labute approximate surface area is 113 Å². The van der Waals surface area contributed by atoms with Gasteiger partial charge in [0.25, 0.3) is 0 Å². The molecule has 0 radical (unpaired) electrons. The third kappa shape index (κ3) is 10.6. The summed E-state index contributed by atoms with van der Waals surface area (Å²) in [6, 6.07) is 0. The molecule has 1 N–H and O–H groups in total. The molecule has 0 aromatic carbocycles. The van der Waals surface area contributed by atoms with Gasteiger partial charge in [0, 0.05) is 19.6 Å². The summed E-state index contributed by atoms with van der Waals surface area (Å²) in [5, 5.41) is 2.96. The van der Waals surface area contributed by atoms with E-state index < -0.39 is 0 Å². The fourth-order valence-corrected chi connectivity index (χ4v) is 1.67. The van der Waals surface area contributed by atoms with Crippen LogP contribution in [0.3, 0.4) is 0 Å². The van der Waals surface area contributed by atoms with Crippen molar-refractivity contribution in [3.8, 4) is 0 Å². The third-order valence-electron chi connectivity index (χ3n) is 2.84. The molecule has 1 amide bonds. The zero-order valence-electron chi connectivity index (χ0n) is 12.8. The lowest BCUT2D eigenvalue weighted by Gasteiger charge is -2.25.